The molecule has 0 radical (unpaired) electrons. The Labute approximate surface area is 147 Å². The molecule has 1 N–H and O–H groups in total. The first-order valence-corrected chi connectivity index (χ1v) is 8.57. The number of nitrogens with zero attached hydrogens (tertiary/aromatic N) is 1. The Bertz CT molecular complexity index is 753. The van der Waals surface area contributed by atoms with Crippen LogP contribution in [0, 0.1) is 5.92 Å². The summed E-state index contributed by atoms with van der Waals surface area (Å²) in [5.41, 5.74) is 3.99. The van der Waals surface area contributed by atoms with Crippen molar-refractivity contribution >= 4 is 40.2 Å². The summed E-state index contributed by atoms with van der Waals surface area (Å²) in [5, 5.41) is 4.06. The van der Waals surface area contributed by atoms with Crippen molar-refractivity contribution in [1.29, 1.82) is 0 Å². The molecule has 23 heavy (non-hydrogen) atoms. The molecule has 1 unspecified atom stereocenters. The molecule has 1 atom stereocenters. The number of hydrogen-bond acceptors (Lipinski definition) is 2. The molecule has 0 aliphatic carbocycles. The van der Waals surface area contributed by atoms with Crippen LogP contribution < -0.4 is 5.32 Å². The summed E-state index contributed by atoms with van der Waals surface area (Å²) in [4.78, 5) is 5.78. The number of nitrogens with one attached hydrogen (secondary N) is 1. The van der Waals surface area contributed by atoms with Gasteiger partial charge in [-0.2, -0.15) is 0 Å². The number of thiocarbonyl (C=S) groups is 1. The lowest BCUT2D eigenvalue weighted by Crippen LogP contribution is -2.25. The van der Waals surface area contributed by atoms with Crippen LogP contribution in [0.2, 0.25) is 5.02 Å². The van der Waals surface area contributed by atoms with Crippen molar-refractivity contribution in [2.45, 2.75) is 26.3 Å². The zero-order chi connectivity index (χ0) is 16.4. The Morgan fingerprint density at radius 2 is 1.91 bits per heavy atom. The first-order valence-electron chi connectivity index (χ1n) is 7.78. The second kappa shape index (κ2) is 6.81. The molecule has 3 rings (SSSR count). The predicted molar refractivity (Wildman–Crippen MR) is 103 cm³/mol. The van der Waals surface area contributed by atoms with E-state index in [-0.39, 0.29) is 6.04 Å². The fourth-order valence-electron chi connectivity index (χ4n) is 2.75. The highest BCUT2D eigenvalue weighted by Crippen LogP contribution is 2.28. The van der Waals surface area contributed by atoms with Gasteiger partial charge in [0.25, 0.3) is 0 Å². The quantitative estimate of drug-likeness (QED) is 0.761. The topological polar surface area (TPSA) is 24.4 Å². The Morgan fingerprint density at radius 3 is 2.61 bits per heavy atom. The molecule has 0 saturated carbocycles. The fraction of sp³-hybridized carbons (Fsp3) is 0.263. The van der Waals surface area contributed by atoms with E-state index in [4.69, 9.17) is 28.8 Å². The average molecular weight is 343 g/mol. The van der Waals surface area contributed by atoms with Crippen LogP contribution in [0.4, 0.5) is 5.69 Å². The minimum Gasteiger partial charge on any atom is -0.348 e. The molecule has 0 aromatic heterocycles. The highest BCUT2D eigenvalue weighted by molar-refractivity contribution is 7.80. The summed E-state index contributed by atoms with van der Waals surface area (Å²) in [6.45, 7) is 4.38. The Morgan fingerprint density at radius 1 is 1.17 bits per heavy atom. The van der Waals surface area contributed by atoms with Crippen LogP contribution in [0.25, 0.3) is 0 Å². The molecule has 4 heteroatoms. The lowest BCUT2D eigenvalue weighted by Gasteiger charge is -2.15. The van der Waals surface area contributed by atoms with E-state index in [1.54, 1.807) is 0 Å². The van der Waals surface area contributed by atoms with Gasteiger partial charge in [0.1, 0.15) is 11.0 Å². The van der Waals surface area contributed by atoms with E-state index >= 15 is 0 Å². The van der Waals surface area contributed by atoms with Crippen LogP contribution in [0.1, 0.15) is 31.4 Å². The van der Waals surface area contributed by atoms with Crippen LogP contribution in [0.5, 0.6) is 0 Å². The van der Waals surface area contributed by atoms with Crippen molar-refractivity contribution in [1.82, 2.24) is 0 Å². The number of halogens is 1. The number of anilines is 1. The molecular weight excluding hydrogens is 324 g/mol. The zero-order valence-electron chi connectivity index (χ0n) is 13.2. The molecule has 2 nitrogen and oxygen atoms in total. The molecule has 1 aliphatic rings. The summed E-state index contributed by atoms with van der Waals surface area (Å²) in [5.74, 6) is 0.519. The van der Waals surface area contributed by atoms with Gasteiger partial charge in [-0.1, -0.05) is 68.0 Å². The van der Waals surface area contributed by atoms with Crippen LogP contribution in [0.3, 0.4) is 0 Å². The monoisotopic (exact) mass is 342 g/mol. The molecule has 1 aliphatic heterocycles. The van der Waals surface area contributed by atoms with Crippen LogP contribution in [-0.4, -0.2) is 16.7 Å². The fourth-order valence-corrected chi connectivity index (χ4v) is 3.18. The maximum absolute atomic E-state index is 6.22. The van der Waals surface area contributed by atoms with Crippen LogP contribution in [0.15, 0.2) is 53.5 Å². The van der Waals surface area contributed by atoms with Crippen molar-refractivity contribution in [3.63, 3.8) is 0 Å². The summed E-state index contributed by atoms with van der Waals surface area (Å²) in [6, 6.07) is 16.0. The van der Waals surface area contributed by atoms with E-state index < -0.39 is 0 Å². The molecular formula is C19H19ClN2S. The maximum Gasteiger partial charge on any atom is 0.105 e. The molecule has 0 bridgehead atoms. The summed E-state index contributed by atoms with van der Waals surface area (Å²) >= 11 is 11.8. The Kier molecular flexibility index (Phi) is 4.79. The standard InChI is InChI=1S/C19H19ClN2S/c1-12(2)10-17-19(23)22-16-9-8-14(20)11-15(16)18(21-17)13-6-4-3-5-7-13/h3-9,11-12,17H,10H2,1-2H3,(H,22,23). The van der Waals surface area contributed by atoms with E-state index in [9.17, 15) is 0 Å². The van der Waals surface area contributed by atoms with Crippen LogP contribution >= 0.6 is 23.8 Å². The summed E-state index contributed by atoms with van der Waals surface area (Å²) < 4.78 is 0. The summed E-state index contributed by atoms with van der Waals surface area (Å²) in [7, 11) is 0. The Hall–Kier alpha value is -1.71. The molecule has 2 aromatic carbocycles. The number of benzene rings is 2. The van der Waals surface area contributed by atoms with Gasteiger partial charge >= 0.3 is 0 Å². The van der Waals surface area contributed by atoms with Crippen molar-refractivity contribution in [2.24, 2.45) is 10.9 Å². The third kappa shape index (κ3) is 3.62. The normalized spacial score (nSPS) is 17.3. The number of hydrogen-bond donors (Lipinski definition) is 1. The van der Waals surface area contributed by atoms with Crippen molar-refractivity contribution in [3.05, 3.63) is 64.7 Å². The van der Waals surface area contributed by atoms with Crippen molar-refractivity contribution in [3.8, 4) is 0 Å². The lowest BCUT2D eigenvalue weighted by atomic mass is 10.00. The lowest BCUT2D eigenvalue weighted by molar-refractivity contribution is 0.564. The van der Waals surface area contributed by atoms with E-state index in [1.165, 1.54) is 0 Å². The van der Waals surface area contributed by atoms with Gasteiger partial charge < -0.3 is 5.32 Å². The molecule has 0 spiro atoms. The molecule has 118 valence electrons. The molecule has 0 amide bonds. The van der Waals surface area contributed by atoms with Gasteiger partial charge in [-0.05, 0) is 30.5 Å². The Balaban J connectivity index is 2.16. The van der Waals surface area contributed by atoms with E-state index in [2.05, 4.69) is 31.3 Å². The maximum atomic E-state index is 6.22. The van der Waals surface area contributed by atoms with Gasteiger partial charge in [0.05, 0.1) is 5.71 Å². The van der Waals surface area contributed by atoms with Gasteiger partial charge in [0, 0.05) is 21.8 Å². The first kappa shape index (κ1) is 16.2. The van der Waals surface area contributed by atoms with Gasteiger partial charge in [0.15, 0.2) is 0 Å². The number of fused-ring (bicyclic) bond motifs is 1. The minimum atomic E-state index is -0.0219. The third-order valence-corrected chi connectivity index (χ3v) is 4.43. The zero-order valence-corrected chi connectivity index (χ0v) is 14.8. The average Bonchev–Trinajstić information content (AvgIpc) is 2.65. The second-order valence-corrected chi connectivity index (χ2v) is 7.04. The summed E-state index contributed by atoms with van der Waals surface area (Å²) in [6.07, 6.45) is 0.921. The van der Waals surface area contributed by atoms with E-state index in [0.29, 0.717) is 10.9 Å². The van der Waals surface area contributed by atoms with E-state index in [0.717, 1.165) is 33.9 Å². The largest absolute Gasteiger partial charge is 0.348 e. The molecule has 2 aromatic rings. The highest BCUT2D eigenvalue weighted by Gasteiger charge is 2.24. The van der Waals surface area contributed by atoms with Gasteiger partial charge in [-0.25, -0.2) is 0 Å². The molecule has 0 fully saturated rings. The minimum absolute atomic E-state index is 0.0219. The SMILES string of the molecule is CC(C)CC1N=C(c2ccccc2)c2cc(Cl)ccc2NC1=S. The number of aliphatic imine (C=N–C) groups is 1. The molecule has 1 heterocycles. The van der Waals surface area contributed by atoms with Crippen LogP contribution in [-0.2, 0) is 0 Å². The highest BCUT2D eigenvalue weighted by atomic mass is 35.5. The van der Waals surface area contributed by atoms with Crippen molar-refractivity contribution < 1.29 is 0 Å². The third-order valence-electron chi connectivity index (χ3n) is 3.82. The predicted octanol–water partition coefficient (Wildman–Crippen LogP) is 5.35. The van der Waals surface area contributed by atoms with Gasteiger partial charge in [-0.15, -0.1) is 0 Å². The number of rotatable bonds is 3. The number of benzodiazepines with no additional fused rings is 1. The smallest absolute Gasteiger partial charge is 0.105 e. The van der Waals surface area contributed by atoms with Gasteiger partial charge in [0.2, 0.25) is 0 Å². The van der Waals surface area contributed by atoms with Gasteiger partial charge in [-0.3, -0.25) is 4.99 Å². The van der Waals surface area contributed by atoms with E-state index in [1.807, 2.05) is 36.4 Å². The second-order valence-electron chi connectivity index (χ2n) is 6.17. The first-order chi connectivity index (χ1) is 11.0. The van der Waals surface area contributed by atoms with Crippen molar-refractivity contribution in [2.75, 3.05) is 5.32 Å². The molecule has 0 saturated heterocycles.